The van der Waals surface area contributed by atoms with Crippen LogP contribution in [0.3, 0.4) is 0 Å². The molecular formula is C12H20N4O2. The first-order valence-electron chi connectivity index (χ1n) is 5.60. The van der Waals surface area contributed by atoms with Gasteiger partial charge in [0.25, 0.3) is 0 Å². The topological polar surface area (TPSA) is 72.1 Å². The average Bonchev–Trinajstić information content (AvgIpc) is 2.43. The van der Waals surface area contributed by atoms with E-state index in [4.69, 9.17) is 15.3 Å². The number of hydrazine groups is 1. The minimum Gasteiger partial charge on any atom is -0.497 e. The molecule has 0 aromatic heterocycles. The van der Waals surface area contributed by atoms with Gasteiger partial charge in [0.1, 0.15) is 5.75 Å². The summed E-state index contributed by atoms with van der Waals surface area (Å²) in [5.74, 6) is 6.85. The molecule has 100 valence electrons. The van der Waals surface area contributed by atoms with Crippen LogP contribution in [0.2, 0.25) is 0 Å². The van der Waals surface area contributed by atoms with Gasteiger partial charge in [0.15, 0.2) is 0 Å². The molecule has 0 amide bonds. The van der Waals surface area contributed by atoms with Crippen molar-refractivity contribution in [2.24, 2.45) is 10.8 Å². The molecule has 0 atom stereocenters. The number of nitrogens with one attached hydrogen (secondary N) is 1. The van der Waals surface area contributed by atoms with Crippen molar-refractivity contribution < 1.29 is 9.47 Å². The number of nitrogens with two attached hydrogens (primary N) is 1. The molecule has 0 bridgehead atoms. The summed E-state index contributed by atoms with van der Waals surface area (Å²) in [5.41, 5.74) is 3.54. The Labute approximate surface area is 107 Å². The number of benzene rings is 1. The average molecular weight is 252 g/mol. The van der Waals surface area contributed by atoms with Gasteiger partial charge >= 0.3 is 0 Å². The van der Waals surface area contributed by atoms with Crippen molar-refractivity contribution in [3.8, 4) is 5.75 Å². The standard InChI is InChI=1S/C12H20N4O2/c1-16(12(15-13)14-8-9-17-2)10-4-6-11(18-3)7-5-10/h4-7H,8-9,13H2,1-3H3,(H,14,15). The lowest BCUT2D eigenvalue weighted by molar-refractivity contribution is 0.208. The molecule has 18 heavy (non-hydrogen) atoms. The van der Waals surface area contributed by atoms with E-state index in [2.05, 4.69) is 10.4 Å². The molecule has 0 aliphatic rings. The molecule has 0 spiro atoms. The molecular weight excluding hydrogens is 232 g/mol. The van der Waals surface area contributed by atoms with Crippen LogP contribution in [0.15, 0.2) is 29.3 Å². The van der Waals surface area contributed by atoms with Gasteiger partial charge in [-0.05, 0) is 24.3 Å². The molecule has 0 unspecified atom stereocenters. The van der Waals surface area contributed by atoms with Crippen molar-refractivity contribution in [1.29, 1.82) is 0 Å². The van der Waals surface area contributed by atoms with Crippen molar-refractivity contribution in [2.75, 3.05) is 39.3 Å². The van der Waals surface area contributed by atoms with Gasteiger partial charge in [-0.15, -0.1) is 0 Å². The van der Waals surface area contributed by atoms with Crippen LogP contribution in [0.25, 0.3) is 0 Å². The molecule has 0 aliphatic carbocycles. The van der Waals surface area contributed by atoms with Crippen LogP contribution in [-0.2, 0) is 4.74 Å². The van der Waals surface area contributed by atoms with Gasteiger partial charge < -0.3 is 14.4 Å². The van der Waals surface area contributed by atoms with Crippen LogP contribution in [-0.4, -0.2) is 40.4 Å². The van der Waals surface area contributed by atoms with Gasteiger partial charge in [0.2, 0.25) is 5.96 Å². The summed E-state index contributed by atoms with van der Waals surface area (Å²) >= 11 is 0. The minimum atomic E-state index is 0.552. The van der Waals surface area contributed by atoms with Crippen molar-refractivity contribution in [3.63, 3.8) is 0 Å². The number of aliphatic imine (C=N–C) groups is 1. The SMILES string of the molecule is COCCN=C(NN)N(C)c1ccc(OC)cc1. The smallest absolute Gasteiger partial charge is 0.212 e. The highest BCUT2D eigenvalue weighted by molar-refractivity contribution is 5.95. The van der Waals surface area contributed by atoms with Crippen LogP contribution in [0.4, 0.5) is 5.69 Å². The summed E-state index contributed by atoms with van der Waals surface area (Å²) in [4.78, 5) is 6.16. The molecule has 0 saturated carbocycles. The normalized spacial score (nSPS) is 11.2. The van der Waals surface area contributed by atoms with E-state index >= 15 is 0 Å². The maximum absolute atomic E-state index is 5.46. The van der Waals surface area contributed by atoms with Gasteiger partial charge in [-0.2, -0.15) is 0 Å². The molecule has 0 fully saturated rings. The molecule has 6 nitrogen and oxygen atoms in total. The van der Waals surface area contributed by atoms with Gasteiger partial charge in [0, 0.05) is 19.8 Å². The minimum absolute atomic E-state index is 0.552. The highest BCUT2D eigenvalue weighted by Crippen LogP contribution is 2.17. The Morgan fingerprint density at radius 2 is 2.00 bits per heavy atom. The van der Waals surface area contributed by atoms with E-state index in [1.165, 1.54) is 0 Å². The summed E-state index contributed by atoms with van der Waals surface area (Å²) in [5, 5.41) is 0. The van der Waals surface area contributed by atoms with E-state index in [9.17, 15) is 0 Å². The van der Waals surface area contributed by atoms with Crippen LogP contribution < -0.4 is 20.9 Å². The molecule has 0 heterocycles. The van der Waals surface area contributed by atoms with E-state index in [1.54, 1.807) is 14.2 Å². The number of anilines is 1. The van der Waals surface area contributed by atoms with Crippen LogP contribution in [0.5, 0.6) is 5.75 Å². The summed E-state index contributed by atoms with van der Waals surface area (Å²) in [6, 6.07) is 7.63. The number of hydrogen-bond acceptors (Lipinski definition) is 4. The second kappa shape index (κ2) is 7.52. The first-order valence-corrected chi connectivity index (χ1v) is 5.60. The second-order valence-electron chi connectivity index (χ2n) is 3.60. The van der Waals surface area contributed by atoms with E-state index in [0.29, 0.717) is 19.1 Å². The maximum Gasteiger partial charge on any atom is 0.212 e. The summed E-state index contributed by atoms with van der Waals surface area (Å²) in [6.07, 6.45) is 0. The first-order chi connectivity index (χ1) is 8.72. The number of nitrogens with zero attached hydrogens (tertiary/aromatic N) is 2. The number of guanidine groups is 1. The van der Waals surface area contributed by atoms with Crippen molar-refractivity contribution in [2.45, 2.75) is 0 Å². The third-order valence-corrected chi connectivity index (χ3v) is 2.46. The van der Waals surface area contributed by atoms with E-state index in [0.717, 1.165) is 11.4 Å². The van der Waals surface area contributed by atoms with Crippen molar-refractivity contribution >= 4 is 11.6 Å². The lowest BCUT2D eigenvalue weighted by Gasteiger charge is -2.20. The summed E-state index contributed by atoms with van der Waals surface area (Å²) in [6.45, 7) is 1.11. The van der Waals surface area contributed by atoms with Gasteiger partial charge in [-0.1, -0.05) is 0 Å². The molecule has 0 aliphatic heterocycles. The Morgan fingerprint density at radius 1 is 1.33 bits per heavy atom. The third kappa shape index (κ3) is 3.90. The molecule has 1 rings (SSSR count). The van der Waals surface area contributed by atoms with E-state index in [-0.39, 0.29) is 0 Å². The van der Waals surface area contributed by atoms with Crippen LogP contribution >= 0.6 is 0 Å². The monoisotopic (exact) mass is 252 g/mol. The Bertz CT molecular complexity index is 378. The predicted molar refractivity (Wildman–Crippen MR) is 72.9 cm³/mol. The summed E-state index contributed by atoms with van der Waals surface area (Å²) in [7, 11) is 5.16. The Kier molecular flexibility index (Phi) is 5.96. The fraction of sp³-hybridized carbons (Fsp3) is 0.417. The highest BCUT2D eigenvalue weighted by atomic mass is 16.5. The molecule has 1 aromatic carbocycles. The molecule has 1 aromatic rings. The van der Waals surface area contributed by atoms with Crippen molar-refractivity contribution in [3.05, 3.63) is 24.3 Å². The highest BCUT2D eigenvalue weighted by Gasteiger charge is 2.07. The third-order valence-electron chi connectivity index (χ3n) is 2.46. The zero-order valence-corrected chi connectivity index (χ0v) is 11.0. The van der Waals surface area contributed by atoms with Gasteiger partial charge in [0.05, 0.1) is 20.3 Å². The fourth-order valence-electron chi connectivity index (χ4n) is 1.42. The summed E-state index contributed by atoms with van der Waals surface area (Å²) < 4.78 is 10.1. The van der Waals surface area contributed by atoms with E-state index in [1.807, 2.05) is 36.2 Å². The largest absolute Gasteiger partial charge is 0.497 e. The first kappa shape index (κ1) is 14.3. The Hall–Kier alpha value is -1.79. The number of rotatable bonds is 5. The number of methoxy groups -OCH3 is 2. The fourth-order valence-corrected chi connectivity index (χ4v) is 1.42. The lowest BCUT2D eigenvalue weighted by atomic mass is 10.3. The molecule has 3 N–H and O–H groups in total. The predicted octanol–water partition coefficient (Wildman–Crippen LogP) is 0.597. The lowest BCUT2D eigenvalue weighted by Crippen LogP contribution is -2.43. The van der Waals surface area contributed by atoms with Crippen molar-refractivity contribution in [1.82, 2.24) is 5.43 Å². The Balaban J connectivity index is 2.75. The zero-order valence-electron chi connectivity index (χ0n) is 11.0. The number of hydrogen-bond donors (Lipinski definition) is 2. The second-order valence-corrected chi connectivity index (χ2v) is 3.60. The number of ether oxygens (including phenoxy) is 2. The zero-order chi connectivity index (χ0) is 13.4. The quantitative estimate of drug-likeness (QED) is 0.264. The molecule has 0 radical (unpaired) electrons. The van der Waals surface area contributed by atoms with Crippen LogP contribution in [0, 0.1) is 0 Å². The van der Waals surface area contributed by atoms with E-state index < -0.39 is 0 Å². The Morgan fingerprint density at radius 3 is 2.50 bits per heavy atom. The van der Waals surface area contributed by atoms with Gasteiger partial charge in [-0.25, -0.2) is 10.8 Å². The van der Waals surface area contributed by atoms with Crippen LogP contribution in [0.1, 0.15) is 0 Å². The maximum atomic E-state index is 5.46. The molecule has 6 heteroatoms. The van der Waals surface area contributed by atoms with Gasteiger partial charge in [-0.3, -0.25) is 5.43 Å². The molecule has 0 saturated heterocycles.